The number of rotatable bonds is 6. The summed E-state index contributed by atoms with van der Waals surface area (Å²) in [6, 6.07) is 9.90. The zero-order valence-electron chi connectivity index (χ0n) is 11.4. The fourth-order valence-corrected chi connectivity index (χ4v) is 2.73. The first-order valence-electron chi connectivity index (χ1n) is 6.31. The summed E-state index contributed by atoms with van der Waals surface area (Å²) in [6.07, 6.45) is -0.165. The second-order valence-corrected chi connectivity index (χ2v) is 5.32. The van der Waals surface area contributed by atoms with Gasteiger partial charge in [-0.15, -0.1) is 11.3 Å². The number of hydrogen-bond acceptors (Lipinski definition) is 4. The molecule has 0 unspecified atom stereocenters. The largest absolute Gasteiger partial charge is 0.496 e. The van der Waals surface area contributed by atoms with Crippen molar-refractivity contribution in [2.75, 3.05) is 7.11 Å². The van der Waals surface area contributed by atoms with Gasteiger partial charge in [0, 0.05) is 4.88 Å². The number of carbonyl (C=O) groups is 2. The molecule has 1 aromatic heterocycles. The highest BCUT2D eigenvalue weighted by molar-refractivity contribution is 7.10. The average molecular weight is 305 g/mol. The molecule has 2 N–H and O–H groups in total. The summed E-state index contributed by atoms with van der Waals surface area (Å²) < 4.78 is 5.15. The molecule has 110 valence electrons. The van der Waals surface area contributed by atoms with E-state index in [1.807, 2.05) is 11.4 Å². The van der Waals surface area contributed by atoms with E-state index < -0.39 is 12.0 Å². The number of aliphatic carboxylic acids is 1. The molecule has 1 amide bonds. The molecule has 0 bridgehead atoms. The van der Waals surface area contributed by atoms with Gasteiger partial charge < -0.3 is 15.2 Å². The number of benzene rings is 1. The second kappa shape index (κ2) is 6.90. The predicted molar refractivity (Wildman–Crippen MR) is 79.8 cm³/mol. The maximum absolute atomic E-state index is 12.3. The van der Waals surface area contributed by atoms with E-state index in [1.54, 1.807) is 30.3 Å². The Hall–Kier alpha value is -2.34. The summed E-state index contributed by atoms with van der Waals surface area (Å²) in [4.78, 5) is 24.1. The smallest absolute Gasteiger partial charge is 0.305 e. The molecule has 0 aliphatic carbocycles. The van der Waals surface area contributed by atoms with Gasteiger partial charge in [0.05, 0.1) is 25.1 Å². The van der Waals surface area contributed by atoms with Gasteiger partial charge in [0.15, 0.2) is 0 Å². The van der Waals surface area contributed by atoms with Crippen molar-refractivity contribution < 1.29 is 19.4 Å². The van der Waals surface area contributed by atoms with Gasteiger partial charge in [-0.25, -0.2) is 0 Å². The first-order valence-corrected chi connectivity index (χ1v) is 7.19. The van der Waals surface area contributed by atoms with Crippen molar-refractivity contribution in [2.24, 2.45) is 0 Å². The van der Waals surface area contributed by atoms with Crippen LogP contribution in [-0.2, 0) is 4.79 Å². The highest BCUT2D eigenvalue weighted by Crippen LogP contribution is 2.24. The number of methoxy groups -OCH3 is 1. The fraction of sp³-hybridized carbons (Fsp3) is 0.200. The van der Waals surface area contributed by atoms with Crippen molar-refractivity contribution in [3.63, 3.8) is 0 Å². The van der Waals surface area contributed by atoms with E-state index in [0.717, 1.165) is 4.88 Å². The topological polar surface area (TPSA) is 75.6 Å². The Morgan fingerprint density at radius 2 is 2.05 bits per heavy atom. The number of carboxylic acid groups (broad SMARTS) is 1. The van der Waals surface area contributed by atoms with E-state index in [1.165, 1.54) is 18.4 Å². The Morgan fingerprint density at radius 3 is 2.67 bits per heavy atom. The van der Waals surface area contributed by atoms with Crippen LogP contribution in [0.2, 0.25) is 0 Å². The van der Waals surface area contributed by atoms with Crippen LogP contribution in [0.25, 0.3) is 0 Å². The van der Waals surface area contributed by atoms with E-state index >= 15 is 0 Å². The second-order valence-electron chi connectivity index (χ2n) is 4.34. The number of ether oxygens (including phenoxy) is 1. The van der Waals surface area contributed by atoms with Crippen LogP contribution >= 0.6 is 11.3 Å². The molecule has 0 spiro atoms. The molecule has 1 heterocycles. The lowest BCUT2D eigenvalue weighted by Crippen LogP contribution is -2.30. The van der Waals surface area contributed by atoms with E-state index in [2.05, 4.69) is 5.32 Å². The maximum Gasteiger partial charge on any atom is 0.305 e. The lowest BCUT2D eigenvalue weighted by molar-refractivity contribution is -0.137. The molecule has 5 nitrogen and oxygen atoms in total. The Morgan fingerprint density at radius 1 is 1.29 bits per heavy atom. The van der Waals surface area contributed by atoms with Crippen LogP contribution < -0.4 is 10.1 Å². The zero-order valence-corrected chi connectivity index (χ0v) is 12.2. The van der Waals surface area contributed by atoms with E-state index in [9.17, 15) is 9.59 Å². The van der Waals surface area contributed by atoms with Crippen molar-refractivity contribution in [3.8, 4) is 5.75 Å². The molecule has 2 rings (SSSR count). The van der Waals surface area contributed by atoms with Gasteiger partial charge in [-0.2, -0.15) is 0 Å². The molecule has 0 aliphatic rings. The first kappa shape index (κ1) is 15.1. The lowest BCUT2D eigenvalue weighted by atomic mass is 10.1. The minimum absolute atomic E-state index is 0.165. The van der Waals surface area contributed by atoms with Crippen LogP contribution in [0.5, 0.6) is 5.75 Å². The highest BCUT2D eigenvalue weighted by Gasteiger charge is 2.21. The normalized spacial score (nSPS) is 11.7. The van der Waals surface area contributed by atoms with Crippen molar-refractivity contribution in [2.45, 2.75) is 12.5 Å². The number of amides is 1. The summed E-state index contributed by atoms with van der Waals surface area (Å²) in [5.41, 5.74) is 0.381. The van der Waals surface area contributed by atoms with Crippen LogP contribution in [0.15, 0.2) is 41.8 Å². The SMILES string of the molecule is COc1ccccc1C(=O)N[C@@H](CC(=O)O)c1cccs1. The van der Waals surface area contributed by atoms with E-state index in [0.29, 0.717) is 11.3 Å². The minimum Gasteiger partial charge on any atom is -0.496 e. The summed E-state index contributed by atoms with van der Waals surface area (Å²) in [7, 11) is 1.49. The summed E-state index contributed by atoms with van der Waals surface area (Å²) in [6.45, 7) is 0. The monoisotopic (exact) mass is 305 g/mol. The van der Waals surface area contributed by atoms with Crippen molar-refractivity contribution in [1.82, 2.24) is 5.32 Å². The number of nitrogens with one attached hydrogen (secondary N) is 1. The zero-order chi connectivity index (χ0) is 15.2. The van der Waals surface area contributed by atoms with Gasteiger partial charge >= 0.3 is 5.97 Å². The van der Waals surface area contributed by atoms with Gasteiger partial charge in [-0.05, 0) is 23.6 Å². The fourth-order valence-electron chi connectivity index (χ4n) is 1.96. The molecule has 21 heavy (non-hydrogen) atoms. The molecule has 0 saturated heterocycles. The van der Waals surface area contributed by atoms with Crippen LogP contribution in [0.3, 0.4) is 0 Å². The lowest BCUT2D eigenvalue weighted by Gasteiger charge is -2.16. The maximum atomic E-state index is 12.3. The third-order valence-electron chi connectivity index (χ3n) is 2.92. The van der Waals surface area contributed by atoms with Crippen molar-refractivity contribution >= 4 is 23.2 Å². The summed E-state index contributed by atoms with van der Waals surface area (Å²) in [5.74, 6) is -0.865. The molecule has 1 atom stereocenters. The molecule has 1 aromatic carbocycles. The third-order valence-corrected chi connectivity index (χ3v) is 3.91. The minimum atomic E-state index is -0.964. The predicted octanol–water partition coefficient (Wildman–Crippen LogP) is 2.70. The number of para-hydroxylation sites is 1. The van der Waals surface area contributed by atoms with Gasteiger partial charge in [0.2, 0.25) is 0 Å². The quantitative estimate of drug-likeness (QED) is 0.860. The Balaban J connectivity index is 2.20. The van der Waals surface area contributed by atoms with Crippen LogP contribution in [-0.4, -0.2) is 24.1 Å². The van der Waals surface area contributed by atoms with E-state index in [4.69, 9.17) is 9.84 Å². The van der Waals surface area contributed by atoms with Crippen molar-refractivity contribution in [1.29, 1.82) is 0 Å². The molecular weight excluding hydrogens is 290 g/mol. The molecular formula is C15H15NO4S. The molecule has 2 aromatic rings. The number of carbonyl (C=O) groups excluding carboxylic acids is 1. The van der Waals surface area contributed by atoms with Crippen LogP contribution in [0.1, 0.15) is 27.7 Å². The number of carboxylic acids is 1. The Kier molecular flexibility index (Phi) is 4.94. The van der Waals surface area contributed by atoms with Crippen molar-refractivity contribution in [3.05, 3.63) is 52.2 Å². The molecule has 0 radical (unpaired) electrons. The third kappa shape index (κ3) is 3.82. The van der Waals surface area contributed by atoms with E-state index in [-0.39, 0.29) is 12.3 Å². The standard InChI is InChI=1S/C15H15NO4S/c1-20-12-6-3-2-5-10(12)15(19)16-11(9-14(17)18)13-7-4-8-21-13/h2-8,11H,9H2,1H3,(H,16,19)(H,17,18)/t11-/m0/s1. The number of hydrogen-bond donors (Lipinski definition) is 2. The average Bonchev–Trinajstić information content (AvgIpc) is 3.00. The summed E-state index contributed by atoms with van der Waals surface area (Å²) in [5, 5.41) is 13.6. The Bertz CT molecular complexity index is 624. The Labute approximate surface area is 126 Å². The van der Waals surface area contributed by atoms with Gasteiger partial charge in [0.25, 0.3) is 5.91 Å². The number of thiophene rings is 1. The van der Waals surface area contributed by atoms with Gasteiger partial charge in [0.1, 0.15) is 5.75 Å². The highest BCUT2D eigenvalue weighted by atomic mass is 32.1. The summed E-state index contributed by atoms with van der Waals surface area (Å²) >= 11 is 1.41. The molecule has 0 saturated carbocycles. The van der Waals surface area contributed by atoms with Gasteiger partial charge in [-0.1, -0.05) is 18.2 Å². The van der Waals surface area contributed by atoms with Crippen LogP contribution in [0, 0.1) is 0 Å². The molecule has 0 aliphatic heterocycles. The molecule has 6 heteroatoms. The van der Waals surface area contributed by atoms with Crippen LogP contribution in [0.4, 0.5) is 0 Å². The van der Waals surface area contributed by atoms with Gasteiger partial charge in [-0.3, -0.25) is 9.59 Å². The first-order chi connectivity index (χ1) is 10.1. The molecule has 0 fully saturated rings.